The van der Waals surface area contributed by atoms with Crippen molar-refractivity contribution in [3.05, 3.63) is 27.2 Å². The largest absolute Gasteiger partial charge is 0.322 e. The van der Waals surface area contributed by atoms with Gasteiger partial charge in [-0.05, 0) is 19.2 Å². The standard InChI is InChI=1S/C13H16Cl3N3O/c1-18-2-4-19(5-3-18)8-12(20)17-13-10(15)6-9(14)7-11(13)16/h6-7H,2-5,8H2,1H3,(H,17,20). The molecule has 1 aliphatic rings. The third-order valence-electron chi connectivity index (χ3n) is 3.23. The van der Waals surface area contributed by atoms with Gasteiger partial charge in [0.1, 0.15) is 0 Å². The minimum atomic E-state index is -0.124. The van der Waals surface area contributed by atoms with Crippen LogP contribution in [0.25, 0.3) is 0 Å². The van der Waals surface area contributed by atoms with Gasteiger partial charge in [0.2, 0.25) is 5.91 Å². The molecule has 7 heteroatoms. The minimum Gasteiger partial charge on any atom is -0.322 e. The molecular formula is C13H16Cl3N3O. The number of hydrogen-bond donors (Lipinski definition) is 1. The van der Waals surface area contributed by atoms with E-state index in [9.17, 15) is 4.79 Å². The molecule has 1 amide bonds. The number of hydrogen-bond acceptors (Lipinski definition) is 3. The fourth-order valence-corrected chi connectivity index (χ4v) is 2.96. The third-order valence-corrected chi connectivity index (χ3v) is 4.05. The predicted octanol–water partition coefficient (Wildman–Crippen LogP) is 2.83. The second-order valence-electron chi connectivity index (χ2n) is 4.87. The first-order valence-corrected chi connectivity index (χ1v) is 7.44. The van der Waals surface area contributed by atoms with E-state index in [2.05, 4.69) is 22.2 Å². The van der Waals surface area contributed by atoms with Crippen LogP contribution in [0, 0.1) is 0 Å². The number of amides is 1. The number of benzene rings is 1. The number of halogens is 3. The maximum absolute atomic E-state index is 12.0. The molecule has 2 rings (SSSR count). The number of nitrogens with one attached hydrogen (secondary N) is 1. The van der Waals surface area contributed by atoms with Gasteiger partial charge in [-0.15, -0.1) is 0 Å². The van der Waals surface area contributed by atoms with Gasteiger partial charge in [0.15, 0.2) is 0 Å². The summed E-state index contributed by atoms with van der Waals surface area (Å²) >= 11 is 17.9. The number of carbonyl (C=O) groups is 1. The van der Waals surface area contributed by atoms with Crippen LogP contribution >= 0.6 is 34.8 Å². The molecule has 1 heterocycles. The van der Waals surface area contributed by atoms with Gasteiger partial charge in [0, 0.05) is 31.2 Å². The maximum atomic E-state index is 12.0. The number of piperazine rings is 1. The zero-order valence-electron chi connectivity index (χ0n) is 11.1. The first kappa shape index (κ1) is 15.9. The van der Waals surface area contributed by atoms with Crippen LogP contribution in [0.3, 0.4) is 0 Å². The van der Waals surface area contributed by atoms with Crippen molar-refractivity contribution < 1.29 is 4.79 Å². The van der Waals surface area contributed by atoms with E-state index in [0.29, 0.717) is 27.3 Å². The predicted molar refractivity (Wildman–Crippen MR) is 84.0 cm³/mol. The minimum absolute atomic E-state index is 0.124. The van der Waals surface area contributed by atoms with E-state index >= 15 is 0 Å². The second-order valence-corrected chi connectivity index (χ2v) is 6.12. The van der Waals surface area contributed by atoms with Crippen molar-refractivity contribution in [3.63, 3.8) is 0 Å². The molecule has 1 N–H and O–H groups in total. The van der Waals surface area contributed by atoms with Gasteiger partial charge in [-0.25, -0.2) is 0 Å². The van der Waals surface area contributed by atoms with Crippen molar-refractivity contribution in [1.29, 1.82) is 0 Å². The Morgan fingerprint density at radius 3 is 2.25 bits per heavy atom. The third kappa shape index (κ3) is 4.24. The van der Waals surface area contributed by atoms with Crippen LogP contribution < -0.4 is 5.32 Å². The topological polar surface area (TPSA) is 35.6 Å². The van der Waals surface area contributed by atoms with Crippen LogP contribution in [0.1, 0.15) is 0 Å². The van der Waals surface area contributed by atoms with Crippen molar-refractivity contribution in [2.24, 2.45) is 0 Å². The van der Waals surface area contributed by atoms with E-state index in [1.54, 1.807) is 12.1 Å². The van der Waals surface area contributed by atoms with Crippen LogP contribution in [-0.4, -0.2) is 55.5 Å². The number of anilines is 1. The summed E-state index contributed by atoms with van der Waals surface area (Å²) in [4.78, 5) is 16.4. The van der Waals surface area contributed by atoms with Crippen LogP contribution in [0.2, 0.25) is 15.1 Å². The summed E-state index contributed by atoms with van der Waals surface area (Å²) in [5.41, 5.74) is 0.414. The van der Waals surface area contributed by atoms with E-state index in [-0.39, 0.29) is 5.91 Å². The molecular weight excluding hydrogens is 321 g/mol. The zero-order chi connectivity index (χ0) is 14.7. The van der Waals surface area contributed by atoms with E-state index in [1.165, 1.54) is 0 Å². The molecule has 20 heavy (non-hydrogen) atoms. The van der Waals surface area contributed by atoms with Gasteiger partial charge in [-0.3, -0.25) is 9.69 Å². The molecule has 0 atom stereocenters. The van der Waals surface area contributed by atoms with Gasteiger partial charge >= 0.3 is 0 Å². The lowest BCUT2D eigenvalue weighted by atomic mass is 10.3. The number of likely N-dealkylation sites (N-methyl/N-ethyl adjacent to an activating group) is 1. The quantitative estimate of drug-likeness (QED) is 0.922. The van der Waals surface area contributed by atoms with Crippen LogP contribution in [-0.2, 0) is 4.79 Å². The molecule has 1 aromatic rings. The van der Waals surface area contributed by atoms with Crippen molar-refractivity contribution in [1.82, 2.24) is 9.80 Å². The Labute approximate surface area is 133 Å². The average Bonchev–Trinajstić information content (AvgIpc) is 2.36. The molecule has 1 fully saturated rings. The molecule has 0 radical (unpaired) electrons. The molecule has 0 unspecified atom stereocenters. The molecule has 0 saturated carbocycles. The summed E-state index contributed by atoms with van der Waals surface area (Å²) in [5, 5.41) is 3.87. The molecule has 1 aromatic carbocycles. The van der Waals surface area contributed by atoms with Gasteiger partial charge in [0.25, 0.3) is 0 Å². The van der Waals surface area contributed by atoms with Crippen LogP contribution in [0.5, 0.6) is 0 Å². The Kier molecular flexibility index (Phi) is 5.52. The molecule has 4 nitrogen and oxygen atoms in total. The molecule has 110 valence electrons. The lowest BCUT2D eigenvalue weighted by Crippen LogP contribution is -2.47. The first-order valence-electron chi connectivity index (χ1n) is 6.31. The van der Waals surface area contributed by atoms with Crippen molar-refractivity contribution >= 4 is 46.4 Å². The molecule has 0 spiro atoms. The van der Waals surface area contributed by atoms with E-state index < -0.39 is 0 Å². The molecule has 1 saturated heterocycles. The summed E-state index contributed by atoms with van der Waals surface area (Å²) in [6.45, 7) is 4.03. The summed E-state index contributed by atoms with van der Waals surface area (Å²) < 4.78 is 0. The highest BCUT2D eigenvalue weighted by atomic mass is 35.5. The highest BCUT2D eigenvalue weighted by Crippen LogP contribution is 2.33. The monoisotopic (exact) mass is 335 g/mol. The van der Waals surface area contributed by atoms with Crippen molar-refractivity contribution in [2.75, 3.05) is 45.1 Å². The summed E-state index contributed by atoms with van der Waals surface area (Å²) in [6.07, 6.45) is 0. The Morgan fingerprint density at radius 2 is 1.70 bits per heavy atom. The van der Waals surface area contributed by atoms with Gasteiger partial charge < -0.3 is 10.2 Å². The highest BCUT2D eigenvalue weighted by molar-refractivity contribution is 6.42. The van der Waals surface area contributed by atoms with E-state index in [1.807, 2.05) is 0 Å². The Hall–Kier alpha value is -0.520. The molecule has 0 aromatic heterocycles. The molecule has 0 aliphatic carbocycles. The fraction of sp³-hybridized carbons (Fsp3) is 0.462. The Bertz CT molecular complexity index is 479. The number of carbonyl (C=O) groups excluding carboxylic acids is 1. The van der Waals surface area contributed by atoms with Gasteiger partial charge in [-0.2, -0.15) is 0 Å². The first-order chi connectivity index (χ1) is 9.45. The van der Waals surface area contributed by atoms with Crippen LogP contribution in [0.4, 0.5) is 5.69 Å². The highest BCUT2D eigenvalue weighted by Gasteiger charge is 2.18. The normalized spacial score (nSPS) is 17.2. The molecule has 1 aliphatic heterocycles. The fourth-order valence-electron chi connectivity index (χ4n) is 2.05. The summed E-state index contributed by atoms with van der Waals surface area (Å²) in [6, 6.07) is 3.11. The van der Waals surface area contributed by atoms with Crippen LogP contribution in [0.15, 0.2) is 12.1 Å². The summed E-state index contributed by atoms with van der Waals surface area (Å²) in [7, 11) is 2.07. The summed E-state index contributed by atoms with van der Waals surface area (Å²) in [5.74, 6) is -0.124. The SMILES string of the molecule is CN1CCN(CC(=O)Nc2c(Cl)cc(Cl)cc2Cl)CC1. The zero-order valence-corrected chi connectivity index (χ0v) is 13.4. The lowest BCUT2D eigenvalue weighted by molar-refractivity contribution is -0.117. The maximum Gasteiger partial charge on any atom is 0.238 e. The average molecular weight is 337 g/mol. The van der Waals surface area contributed by atoms with Gasteiger partial charge in [-0.1, -0.05) is 34.8 Å². The Balaban J connectivity index is 1.95. The number of rotatable bonds is 3. The lowest BCUT2D eigenvalue weighted by Gasteiger charge is -2.31. The van der Waals surface area contributed by atoms with Crippen molar-refractivity contribution in [2.45, 2.75) is 0 Å². The van der Waals surface area contributed by atoms with E-state index in [4.69, 9.17) is 34.8 Å². The Morgan fingerprint density at radius 1 is 1.15 bits per heavy atom. The molecule has 0 bridgehead atoms. The van der Waals surface area contributed by atoms with Gasteiger partial charge in [0.05, 0.1) is 22.3 Å². The van der Waals surface area contributed by atoms with E-state index in [0.717, 1.165) is 26.2 Å². The van der Waals surface area contributed by atoms with Crippen molar-refractivity contribution in [3.8, 4) is 0 Å². The smallest absolute Gasteiger partial charge is 0.238 e. The number of nitrogens with zero attached hydrogens (tertiary/aromatic N) is 2. The second kappa shape index (κ2) is 6.96.